The number of hydrogen-bond donors (Lipinski definition) is 1. The number of nitrogens with two attached hydrogens (primary N) is 1. The minimum atomic E-state index is -2.96. The first-order chi connectivity index (χ1) is 9.03. The summed E-state index contributed by atoms with van der Waals surface area (Å²) in [6.45, 7) is 1.33. The van der Waals surface area contributed by atoms with Crippen molar-refractivity contribution in [1.82, 2.24) is 4.90 Å². The van der Waals surface area contributed by atoms with Gasteiger partial charge < -0.3 is 5.73 Å². The molecule has 2 rings (SSSR count). The van der Waals surface area contributed by atoms with Crippen LogP contribution >= 0.6 is 0 Å². The van der Waals surface area contributed by atoms with Crippen LogP contribution < -0.4 is 5.73 Å². The first-order valence-electron chi connectivity index (χ1n) is 6.42. The number of sulfone groups is 1. The molecule has 1 aliphatic rings. The van der Waals surface area contributed by atoms with E-state index < -0.39 is 9.84 Å². The fourth-order valence-corrected chi connectivity index (χ4v) is 3.77. The van der Waals surface area contributed by atoms with Crippen molar-refractivity contribution in [2.45, 2.75) is 12.5 Å². The van der Waals surface area contributed by atoms with Crippen LogP contribution in [0.15, 0.2) is 24.3 Å². The Morgan fingerprint density at radius 3 is 2.68 bits per heavy atom. The Bertz CT molecular complexity index is 533. The molecule has 0 radical (unpaired) electrons. The summed E-state index contributed by atoms with van der Waals surface area (Å²) in [5.74, 6) is 0.0424. The van der Waals surface area contributed by atoms with Gasteiger partial charge in [0.1, 0.15) is 5.82 Å². The van der Waals surface area contributed by atoms with Crippen LogP contribution in [0, 0.1) is 5.82 Å². The van der Waals surface area contributed by atoms with Gasteiger partial charge in [0.15, 0.2) is 9.84 Å². The molecule has 0 bridgehead atoms. The molecule has 1 aromatic carbocycles. The van der Waals surface area contributed by atoms with E-state index in [1.165, 1.54) is 6.07 Å². The Hall–Kier alpha value is -0.980. The van der Waals surface area contributed by atoms with Crippen LogP contribution in [0.1, 0.15) is 18.0 Å². The van der Waals surface area contributed by atoms with Gasteiger partial charge in [-0.1, -0.05) is 18.2 Å². The standard InChI is InChI=1S/C13H19FN2O2S/c14-12-5-2-1-4-11(12)13(10-15)16-6-3-8-19(17,18)9-7-16/h1-2,4-5,13H,3,6-10,15H2. The second kappa shape index (κ2) is 5.98. The quantitative estimate of drug-likeness (QED) is 0.898. The monoisotopic (exact) mass is 286 g/mol. The van der Waals surface area contributed by atoms with Crippen molar-refractivity contribution >= 4 is 9.84 Å². The highest BCUT2D eigenvalue weighted by molar-refractivity contribution is 7.91. The molecule has 1 heterocycles. The molecular formula is C13H19FN2O2S. The third-order valence-electron chi connectivity index (χ3n) is 3.52. The lowest BCUT2D eigenvalue weighted by Gasteiger charge is -2.29. The van der Waals surface area contributed by atoms with Crippen molar-refractivity contribution < 1.29 is 12.8 Å². The second-order valence-electron chi connectivity index (χ2n) is 4.81. The maximum atomic E-state index is 13.8. The van der Waals surface area contributed by atoms with E-state index in [1.54, 1.807) is 18.2 Å². The van der Waals surface area contributed by atoms with Gasteiger partial charge in [-0.3, -0.25) is 4.90 Å². The van der Waals surface area contributed by atoms with E-state index in [0.29, 0.717) is 25.1 Å². The normalized spacial score (nSPS) is 21.8. The molecule has 106 valence electrons. The van der Waals surface area contributed by atoms with E-state index in [4.69, 9.17) is 5.73 Å². The number of hydrogen-bond acceptors (Lipinski definition) is 4. The molecule has 2 N–H and O–H groups in total. The maximum Gasteiger partial charge on any atom is 0.151 e. The predicted octanol–water partition coefficient (Wildman–Crippen LogP) is 0.946. The Morgan fingerprint density at radius 1 is 1.26 bits per heavy atom. The topological polar surface area (TPSA) is 63.4 Å². The molecule has 1 atom stereocenters. The SMILES string of the molecule is NCC(c1ccccc1F)N1CCCS(=O)(=O)CC1. The Labute approximate surface area is 113 Å². The van der Waals surface area contributed by atoms with Crippen molar-refractivity contribution in [2.75, 3.05) is 31.1 Å². The lowest BCUT2D eigenvalue weighted by Crippen LogP contribution is -2.36. The van der Waals surface area contributed by atoms with Crippen molar-refractivity contribution in [3.8, 4) is 0 Å². The zero-order chi connectivity index (χ0) is 13.9. The summed E-state index contributed by atoms with van der Waals surface area (Å²) in [6, 6.07) is 6.28. The summed E-state index contributed by atoms with van der Waals surface area (Å²) in [7, 11) is -2.96. The van der Waals surface area contributed by atoms with E-state index in [0.717, 1.165) is 0 Å². The Balaban J connectivity index is 2.21. The zero-order valence-electron chi connectivity index (χ0n) is 10.8. The molecule has 1 unspecified atom stereocenters. The van der Waals surface area contributed by atoms with Gasteiger partial charge in [0.05, 0.1) is 11.5 Å². The molecular weight excluding hydrogens is 267 g/mol. The van der Waals surface area contributed by atoms with Crippen LogP contribution in [0.25, 0.3) is 0 Å². The second-order valence-corrected chi connectivity index (χ2v) is 7.12. The molecule has 0 spiro atoms. The Kier molecular flexibility index (Phi) is 4.54. The van der Waals surface area contributed by atoms with Crippen LogP contribution in [0.4, 0.5) is 4.39 Å². The molecule has 4 nitrogen and oxygen atoms in total. The van der Waals surface area contributed by atoms with E-state index in [1.807, 2.05) is 4.90 Å². The first-order valence-corrected chi connectivity index (χ1v) is 8.24. The van der Waals surface area contributed by atoms with Crippen LogP contribution in [-0.2, 0) is 9.84 Å². The van der Waals surface area contributed by atoms with Gasteiger partial charge in [-0.15, -0.1) is 0 Å². The van der Waals surface area contributed by atoms with Crippen LogP contribution in [-0.4, -0.2) is 44.5 Å². The van der Waals surface area contributed by atoms with Crippen molar-refractivity contribution in [1.29, 1.82) is 0 Å². The van der Waals surface area contributed by atoms with E-state index in [2.05, 4.69) is 0 Å². The fourth-order valence-electron chi connectivity index (χ4n) is 2.49. The van der Waals surface area contributed by atoms with E-state index >= 15 is 0 Å². The number of benzene rings is 1. The summed E-state index contributed by atoms with van der Waals surface area (Å²) in [5, 5.41) is 0. The first kappa shape index (κ1) is 14.4. The van der Waals surface area contributed by atoms with Crippen molar-refractivity contribution in [3.63, 3.8) is 0 Å². The molecule has 0 aromatic heterocycles. The summed E-state index contributed by atoms with van der Waals surface area (Å²) in [5.41, 5.74) is 6.31. The number of nitrogens with zero attached hydrogens (tertiary/aromatic N) is 1. The van der Waals surface area contributed by atoms with Gasteiger partial charge >= 0.3 is 0 Å². The van der Waals surface area contributed by atoms with Crippen molar-refractivity contribution in [3.05, 3.63) is 35.6 Å². The largest absolute Gasteiger partial charge is 0.329 e. The zero-order valence-corrected chi connectivity index (χ0v) is 11.6. The molecule has 0 amide bonds. The lowest BCUT2D eigenvalue weighted by atomic mass is 10.0. The van der Waals surface area contributed by atoms with Crippen LogP contribution in [0.3, 0.4) is 0 Å². The van der Waals surface area contributed by atoms with Gasteiger partial charge in [0.25, 0.3) is 0 Å². The van der Waals surface area contributed by atoms with E-state index in [9.17, 15) is 12.8 Å². The molecule has 0 aliphatic carbocycles. The summed E-state index contributed by atoms with van der Waals surface area (Å²) in [4.78, 5) is 1.98. The smallest absolute Gasteiger partial charge is 0.151 e. The molecule has 1 saturated heterocycles. The molecule has 0 saturated carbocycles. The highest BCUT2D eigenvalue weighted by atomic mass is 32.2. The lowest BCUT2D eigenvalue weighted by molar-refractivity contribution is 0.213. The predicted molar refractivity (Wildman–Crippen MR) is 73.0 cm³/mol. The fraction of sp³-hybridized carbons (Fsp3) is 0.538. The van der Waals surface area contributed by atoms with Gasteiger partial charge in [0.2, 0.25) is 0 Å². The average molecular weight is 286 g/mol. The van der Waals surface area contributed by atoms with E-state index in [-0.39, 0.29) is 29.9 Å². The Morgan fingerprint density at radius 2 is 2.00 bits per heavy atom. The minimum Gasteiger partial charge on any atom is -0.329 e. The molecule has 1 aliphatic heterocycles. The van der Waals surface area contributed by atoms with Crippen LogP contribution in [0.5, 0.6) is 0 Å². The van der Waals surface area contributed by atoms with Gasteiger partial charge in [-0.25, -0.2) is 12.8 Å². The van der Waals surface area contributed by atoms with Crippen molar-refractivity contribution in [2.24, 2.45) is 5.73 Å². The third kappa shape index (κ3) is 3.52. The molecule has 19 heavy (non-hydrogen) atoms. The maximum absolute atomic E-state index is 13.8. The third-order valence-corrected chi connectivity index (χ3v) is 5.23. The summed E-state index contributed by atoms with van der Waals surface area (Å²) in [6.07, 6.45) is 0.577. The number of rotatable bonds is 3. The average Bonchev–Trinajstić information content (AvgIpc) is 2.54. The van der Waals surface area contributed by atoms with Gasteiger partial charge in [-0.05, 0) is 19.0 Å². The molecule has 1 fully saturated rings. The minimum absolute atomic E-state index is 0.123. The summed E-state index contributed by atoms with van der Waals surface area (Å²) < 4.78 is 37.0. The molecule has 1 aromatic rings. The molecule has 6 heteroatoms. The van der Waals surface area contributed by atoms with Gasteiger partial charge in [-0.2, -0.15) is 0 Å². The highest BCUT2D eigenvalue weighted by Crippen LogP contribution is 2.24. The number of halogens is 1. The van der Waals surface area contributed by atoms with Crippen LogP contribution in [0.2, 0.25) is 0 Å². The van der Waals surface area contributed by atoms with Gasteiger partial charge in [0, 0.05) is 24.7 Å². The highest BCUT2D eigenvalue weighted by Gasteiger charge is 2.26. The summed E-state index contributed by atoms with van der Waals surface area (Å²) >= 11 is 0.